The lowest BCUT2D eigenvalue weighted by atomic mass is 9.96. The van der Waals surface area contributed by atoms with E-state index in [9.17, 15) is 19.5 Å². The maximum Gasteiger partial charge on any atom is 0.338 e. The molecule has 6 rings (SSSR count). The van der Waals surface area contributed by atoms with Gasteiger partial charge in [-0.3, -0.25) is 14.2 Å². The van der Waals surface area contributed by atoms with Gasteiger partial charge in [0.1, 0.15) is 18.5 Å². The van der Waals surface area contributed by atoms with Crippen molar-refractivity contribution in [2.75, 3.05) is 11.5 Å². The van der Waals surface area contributed by atoms with E-state index in [0.717, 1.165) is 4.90 Å². The summed E-state index contributed by atoms with van der Waals surface area (Å²) < 4.78 is 13.2. The number of aromatic nitrogens is 4. The Labute approximate surface area is 246 Å². The van der Waals surface area contributed by atoms with Gasteiger partial charge in [0.25, 0.3) is 11.8 Å². The summed E-state index contributed by atoms with van der Waals surface area (Å²) in [6, 6.07) is 25.3. The topological polar surface area (TPSA) is 137 Å². The Bertz CT molecular complexity index is 1710. The maximum atomic E-state index is 13.8. The van der Waals surface area contributed by atoms with Crippen molar-refractivity contribution in [3.8, 4) is 0 Å². The molecule has 1 saturated heterocycles. The number of imidazole rings is 1. The molecule has 1 aliphatic heterocycles. The van der Waals surface area contributed by atoms with Gasteiger partial charge in [0.15, 0.2) is 23.2 Å². The maximum absolute atomic E-state index is 13.8. The first-order valence-corrected chi connectivity index (χ1v) is 13.7. The summed E-state index contributed by atoms with van der Waals surface area (Å²) in [7, 11) is 0. The molecular formula is C32H27N5O6. The van der Waals surface area contributed by atoms with E-state index >= 15 is 0 Å². The number of aliphatic hydroxyl groups is 1. The van der Waals surface area contributed by atoms with Crippen LogP contribution in [0.4, 0.5) is 5.82 Å². The number of fused-ring (bicyclic) bond motifs is 1. The molecule has 3 heterocycles. The first-order valence-electron chi connectivity index (χ1n) is 13.7. The molecule has 1 aliphatic rings. The molecule has 0 spiro atoms. The highest BCUT2D eigenvalue weighted by Gasteiger charge is 2.42. The molecule has 0 bridgehead atoms. The molecule has 11 nitrogen and oxygen atoms in total. The number of esters is 1. The summed E-state index contributed by atoms with van der Waals surface area (Å²) in [4.78, 5) is 54.4. The molecule has 4 atom stereocenters. The number of aliphatic hydroxyl groups excluding tert-OH is 1. The molecule has 5 aromatic rings. The Balaban J connectivity index is 1.37. The monoisotopic (exact) mass is 577 g/mol. The summed E-state index contributed by atoms with van der Waals surface area (Å²) in [5.74, 6) is -2.09. The number of ether oxygens (including phenoxy) is 2. The van der Waals surface area contributed by atoms with E-state index < -0.39 is 36.2 Å². The summed E-state index contributed by atoms with van der Waals surface area (Å²) >= 11 is 0. The second-order valence-corrected chi connectivity index (χ2v) is 10.1. The fourth-order valence-corrected chi connectivity index (χ4v) is 5.03. The van der Waals surface area contributed by atoms with Crippen LogP contribution in [0.25, 0.3) is 11.2 Å². The van der Waals surface area contributed by atoms with Gasteiger partial charge < -0.3 is 14.6 Å². The molecule has 2 aromatic heterocycles. The van der Waals surface area contributed by atoms with Gasteiger partial charge in [0.2, 0.25) is 0 Å². The minimum absolute atomic E-state index is 0.0304. The van der Waals surface area contributed by atoms with Gasteiger partial charge >= 0.3 is 5.97 Å². The predicted molar refractivity (Wildman–Crippen MR) is 155 cm³/mol. The predicted octanol–water partition coefficient (Wildman–Crippen LogP) is 4.06. The van der Waals surface area contributed by atoms with Gasteiger partial charge in [0, 0.05) is 17.0 Å². The number of nitrogens with zero attached hydrogens (tertiary/aromatic N) is 5. The molecule has 1 N–H and O–H groups in total. The number of carbonyl (C=O) groups excluding carboxylic acids is 3. The lowest BCUT2D eigenvalue weighted by Gasteiger charge is -2.38. The van der Waals surface area contributed by atoms with Crippen LogP contribution >= 0.6 is 0 Å². The minimum atomic E-state index is -1.28. The molecule has 1 fully saturated rings. The number of amides is 2. The lowest BCUT2D eigenvalue weighted by molar-refractivity contribution is -0.188. The second kappa shape index (κ2) is 11.9. The van der Waals surface area contributed by atoms with Crippen LogP contribution < -0.4 is 4.90 Å². The highest BCUT2D eigenvalue weighted by atomic mass is 16.6. The molecular weight excluding hydrogens is 550 g/mol. The number of benzene rings is 3. The normalized spacial score (nSPS) is 20.0. The van der Waals surface area contributed by atoms with Crippen molar-refractivity contribution in [1.29, 1.82) is 0 Å². The van der Waals surface area contributed by atoms with Crippen LogP contribution in [0.5, 0.6) is 0 Å². The van der Waals surface area contributed by atoms with Crippen LogP contribution in [0.1, 0.15) is 44.2 Å². The van der Waals surface area contributed by atoms with E-state index in [1.54, 1.807) is 91.0 Å². The van der Waals surface area contributed by atoms with Gasteiger partial charge in [0.05, 0.1) is 18.5 Å². The van der Waals surface area contributed by atoms with Crippen LogP contribution in [0.15, 0.2) is 104 Å². The van der Waals surface area contributed by atoms with E-state index in [0.29, 0.717) is 5.56 Å². The summed E-state index contributed by atoms with van der Waals surface area (Å²) in [6.45, 7) is 1.99. The van der Waals surface area contributed by atoms with Crippen LogP contribution in [-0.2, 0) is 9.47 Å². The summed E-state index contributed by atoms with van der Waals surface area (Å²) in [5.41, 5.74) is 1.27. The number of imide groups is 1. The number of anilines is 1. The second-order valence-electron chi connectivity index (χ2n) is 10.1. The van der Waals surface area contributed by atoms with Crippen molar-refractivity contribution < 1.29 is 29.0 Å². The van der Waals surface area contributed by atoms with E-state index in [2.05, 4.69) is 15.0 Å². The van der Waals surface area contributed by atoms with E-state index in [1.807, 2.05) is 6.92 Å². The molecule has 1 unspecified atom stereocenters. The Morgan fingerprint density at radius 2 is 1.40 bits per heavy atom. The highest BCUT2D eigenvalue weighted by molar-refractivity contribution is 6.27. The van der Waals surface area contributed by atoms with Gasteiger partial charge in [-0.15, -0.1) is 0 Å². The molecule has 43 heavy (non-hydrogen) atoms. The fourth-order valence-electron chi connectivity index (χ4n) is 5.03. The van der Waals surface area contributed by atoms with E-state index in [1.165, 1.54) is 17.2 Å². The van der Waals surface area contributed by atoms with Crippen LogP contribution in [0.2, 0.25) is 0 Å². The van der Waals surface area contributed by atoms with Crippen molar-refractivity contribution >= 4 is 34.8 Å². The van der Waals surface area contributed by atoms with Crippen LogP contribution in [-0.4, -0.2) is 61.2 Å². The van der Waals surface area contributed by atoms with Crippen LogP contribution in [0, 0.1) is 5.92 Å². The van der Waals surface area contributed by atoms with Crippen molar-refractivity contribution in [1.82, 2.24) is 19.5 Å². The largest absolute Gasteiger partial charge is 0.455 e. The molecule has 0 saturated carbocycles. The summed E-state index contributed by atoms with van der Waals surface area (Å²) in [5, 5.41) is 11.4. The molecule has 2 amide bonds. The van der Waals surface area contributed by atoms with E-state index in [4.69, 9.17) is 9.47 Å². The fraction of sp³-hybridized carbons (Fsp3) is 0.188. The van der Waals surface area contributed by atoms with Crippen molar-refractivity contribution in [2.45, 2.75) is 25.4 Å². The zero-order chi connectivity index (χ0) is 29.9. The quantitative estimate of drug-likeness (QED) is 0.234. The number of hydrogen-bond acceptors (Lipinski definition) is 9. The Kier molecular flexibility index (Phi) is 7.73. The summed E-state index contributed by atoms with van der Waals surface area (Å²) in [6.07, 6.45) is -0.590. The van der Waals surface area contributed by atoms with Crippen molar-refractivity contribution in [3.63, 3.8) is 0 Å². The number of rotatable bonds is 6. The number of carbonyl (C=O) groups is 3. The molecule has 0 aliphatic carbocycles. The number of hydrogen-bond donors (Lipinski definition) is 1. The standard InChI is InChI=1S/C32H27N5O6/c1-20-17-42-31(25(38)26(20)43-32(41)23-15-9-4-10-16-23)36-19-35-24-27(36)33-18-34-28(24)37(29(39)21-11-5-2-6-12-21)30(40)22-13-7-3-8-14-22/h2-16,18-20,25-26,31,38H,17H2,1H3/t20-,25+,26-,31?/m0/s1. The van der Waals surface area contributed by atoms with Gasteiger partial charge in [-0.2, -0.15) is 0 Å². The average Bonchev–Trinajstić information content (AvgIpc) is 3.49. The molecule has 216 valence electrons. The third-order valence-electron chi connectivity index (χ3n) is 7.25. The Morgan fingerprint density at radius 1 is 0.837 bits per heavy atom. The first kappa shape index (κ1) is 27.9. The molecule has 3 aromatic carbocycles. The third kappa shape index (κ3) is 5.39. The van der Waals surface area contributed by atoms with Crippen molar-refractivity contribution in [2.24, 2.45) is 5.92 Å². The Morgan fingerprint density at radius 3 is 1.98 bits per heavy atom. The lowest BCUT2D eigenvalue weighted by Crippen LogP contribution is -2.49. The van der Waals surface area contributed by atoms with Gasteiger partial charge in [-0.25, -0.2) is 24.6 Å². The van der Waals surface area contributed by atoms with Crippen molar-refractivity contribution in [3.05, 3.63) is 120 Å². The highest BCUT2D eigenvalue weighted by Crippen LogP contribution is 2.33. The Hall–Kier alpha value is -5.26. The van der Waals surface area contributed by atoms with Crippen LogP contribution in [0.3, 0.4) is 0 Å². The van der Waals surface area contributed by atoms with Gasteiger partial charge in [-0.05, 0) is 36.4 Å². The molecule has 0 radical (unpaired) electrons. The SMILES string of the molecule is C[C@H]1COC(n2cnc3c(N(C(=O)c4ccccc4)C(=O)c4ccccc4)ncnc32)[C@H](O)[C@H]1OC(=O)c1ccccc1. The third-order valence-corrected chi connectivity index (χ3v) is 7.25. The smallest absolute Gasteiger partial charge is 0.338 e. The zero-order valence-corrected chi connectivity index (χ0v) is 23.1. The van der Waals surface area contributed by atoms with E-state index in [-0.39, 0.29) is 40.6 Å². The first-order chi connectivity index (χ1) is 20.9. The zero-order valence-electron chi connectivity index (χ0n) is 23.1. The average molecular weight is 578 g/mol. The molecule has 11 heteroatoms. The minimum Gasteiger partial charge on any atom is -0.455 e. The van der Waals surface area contributed by atoms with Gasteiger partial charge in [-0.1, -0.05) is 61.5 Å².